The molecule has 1 atom stereocenters. The molecule has 3 N–H and O–H groups in total. The smallest absolute Gasteiger partial charge is 0.313 e. The summed E-state index contributed by atoms with van der Waals surface area (Å²) < 4.78 is 0. The summed E-state index contributed by atoms with van der Waals surface area (Å²) in [6.45, 7) is 1.35. The molecule has 2 amide bonds. The Hall–Kier alpha value is -2.19. The minimum atomic E-state index is -1.03. The summed E-state index contributed by atoms with van der Waals surface area (Å²) in [5, 5.41) is 24.0. The van der Waals surface area contributed by atoms with Gasteiger partial charge in [-0.3, -0.25) is 19.7 Å². The molecule has 8 nitrogen and oxygen atoms in total. The maximum absolute atomic E-state index is 11.5. The van der Waals surface area contributed by atoms with E-state index in [-0.39, 0.29) is 22.9 Å². The van der Waals surface area contributed by atoms with Crippen LogP contribution in [0.25, 0.3) is 0 Å². The monoisotopic (exact) mass is 301 g/mol. The minimum absolute atomic E-state index is 0.0435. The van der Waals surface area contributed by atoms with Gasteiger partial charge < -0.3 is 15.7 Å². The summed E-state index contributed by atoms with van der Waals surface area (Å²) in [4.78, 5) is 32.8. The number of carbonyl (C=O) groups is 2. The third-order valence-electron chi connectivity index (χ3n) is 2.17. The standard InChI is InChI=1S/C11H12ClN3O5/c1-6(16)5-13-10(17)11(18)14-9-4-7(15(19)20)2-3-8(9)12/h2-4,6,16H,5H2,1H3,(H,13,17)(H,14,18). The molecule has 1 aromatic rings. The molecule has 1 aromatic carbocycles. The molecule has 0 aliphatic rings. The molecule has 0 aliphatic carbocycles. The molecule has 0 spiro atoms. The van der Waals surface area contributed by atoms with Crippen LogP contribution in [0, 0.1) is 10.1 Å². The highest BCUT2D eigenvalue weighted by Crippen LogP contribution is 2.26. The largest absolute Gasteiger partial charge is 0.392 e. The highest BCUT2D eigenvalue weighted by molar-refractivity contribution is 6.41. The average molecular weight is 302 g/mol. The van der Waals surface area contributed by atoms with Crippen LogP contribution in [-0.2, 0) is 9.59 Å². The van der Waals surface area contributed by atoms with Gasteiger partial charge in [0.1, 0.15) is 0 Å². The minimum Gasteiger partial charge on any atom is -0.392 e. The van der Waals surface area contributed by atoms with Gasteiger partial charge in [0.2, 0.25) is 0 Å². The number of nitro groups is 1. The number of carbonyl (C=O) groups excluding carboxylic acids is 2. The number of amides is 2. The average Bonchev–Trinajstić information content (AvgIpc) is 2.37. The normalized spacial score (nSPS) is 11.6. The van der Waals surface area contributed by atoms with E-state index in [1.807, 2.05) is 0 Å². The Morgan fingerprint density at radius 2 is 2.10 bits per heavy atom. The molecule has 0 saturated carbocycles. The molecule has 108 valence electrons. The Morgan fingerprint density at radius 3 is 2.65 bits per heavy atom. The molecule has 0 radical (unpaired) electrons. The van der Waals surface area contributed by atoms with Gasteiger partial charge in [-0.1, -0.05) is 11.6 Å². The zero-order valence-electron chi connectivity index (χ0n) is 10.4. The lowest BCUT2D eigenvalue weighted by atomic mass is 10.2. The Balaban J connectivity index is 2.77. The number of aliphatic hydroxyl groups excluding tert-OH is 1. The number of benzene rings is 1. The lowest BCUT2D eigenvalue weighted by molar-refractivity contribution is -0.384. The zero-order valence-corrected chi connectivity index (χ0v) is 11.2. The number of hydrogen-bond acceptors (Lipinski definition) is 5. The van der Waals surface area contributed by atoms with E-state index in [9.17, 15) is 19.7 Å². The molecule has 0 fully saturated rings. The summed E-state index contributed by atoms with van der Waals surface area (Å²) in [6, 6.07) is 3.46. The van der Waals surface area contributed by atoms with E-state index < -0.39 is 22.8 Å². The zero-order chi connectivity index (χ0) is 15.3. The van der Waals surface area contributed by atoms with Gasteiger partial charge in [-0.2, -0.15) is 0 Å². The van der Waals surface area contributed by atoms with Crippen molar-refractivity contribution in [1.29, 1.82) is 0 Å². The maximum Gasteiger partial charge on any atom is 0.313 e. The second-order valence-corrected chi connectivity index (χ2v) is 4.34. The number of nitro benzene ring substituents is 1. The van der Waals surface area contributed by atoms with Gasteiger partial charge in [0, 0.05) is 18.7 Å². The Kier molecular flexibility index (Phi) is 5.42. The summed E-state index contributed by atoms with van der Waals surface area (Å²) >= 11 is 5.77. The van der Waals surface area contributed by atoms with E-state index in [0.717, 1.165) is 6.07 Å². The third kappa shape index (κ3) is 4.48. The van der Waals surface area contributed by atoms with Crippen molar-refractivity contribution in [2.24, 2.45) is 0 Å². The van der Waals surface area contributed by atoms with Gasteiger partial charge in [-0.05, 0) is 13.0 Å². The Bertz CT molecular complexity index is 547. The molecule has 0 aliphatic heterocycles. The van der Waals surface area contributed by atoms with Crippen LogP contribution in [0.5, 0.6) is 0 Å². The van der Waals surface area contributed by atoms with E-state index in [2.05, 4.69) is 10.6 Å². The van der Waals surface area contributed by atoms with Crippen molar-refractivity contribution >= 4 is 34.8 Å². The molecule has 0 heterocycles. The van der Waals surface area contributed by atoms with Crippen molar-refractivity contribution in [3.05, 3.63) is 33.3 Å². The third-order valence-corrected chi connectivity index (χ3v) is 2.50. The first-order valence-corrected chi connectivity index (χ1v) is 5.90. The number of aliphatic hydroxyl groups is 1. The fraction of sp³-hybridized carbons (Fsp3) is 0.273. The van der Waals surface area contributed by atoms with Crippen LogP contribution in [0.3, 0.4) is 0 Å². The molecule has 20 heavy (non-hydrogen) atoms. The fourth-order valence-corrected chi connectivity index (χ4v) is 1.39. The van der Waals surface area contributed by atoms with Gasteiger partial charge in [-0.15, -0.1) is 0 Å². The lowest BCUT2D eigenvalue weighted by Crippen LogP contribution is -2.38. The quantitative estimate of drug-likeness (QED) is 0.429. The summed E-state index contributed by atoms with van der Waals surface area (Å²) in [7, 11) is 0. The summed E-state index contributed by atoms with van der Waals surface area (Å²) in [5.41, 5.74) is -0.313. The van der Waals surface area contributed by atoms with Gasteiger partial charge in [0.25, 0.3) is 5.69 Å². The molecule has 0 bridgehead atoms. The van der Waals surface area contributed by atoms with Gasteiger partial charge in [0.05, 0.1) is 21.7 Å². The predicted molar refractivity (Wildman–Crippen MR) is 71.4 cm³/mol. The van der Waals surface area contributed by atoms with Crippen LogP contribution >= 0.6 is 11.6 Å². The van der Waals surface area contributed by atoms with E-state index in [1.54, 1.807) is 0 Å². The highest BCUT2D eigenvalue weighted by atomic mass is 35.5. The van der Waals surface area contributed by atoms with Crippen LogP contribution in [0.1, 0.15) is 6.92 Å². The highest BCUT2D eigenvalue weighted by Gasteiger charge is 2.17. The Labute approximate surface area is 118 Å². The number of anilines is 1. The molecular weight excluding hydrogens is 290 g/mol. The van der Waals surface area contributed by atoms with E-state index in [0.29, 0.717) is 0 Å². The first-order valence-electron chi connectivity index (χ1n) is 5.52. The van der Waals surface area contributed by atoms with Gasteiger partial charge in [-0.25, -0.2) is 0 Å². The molecular formula is C11H12ClN3O5. The molecule has 1 unspecified atom stereocenters. The molecule has 0 saturated heterocycles. The van der Waals surface area contributed by atoms with E-state index >= 15 is 0 Å². The molecule has 0 aromatic heterocycles. The SMILES string of the molecule is CC(O)CNC(=O)C(=O)Nc1cc([N+](=O)[O-])ccc1Cl. The van der Waals surface area contributed by atoms with Crippen LogP contribution in [-0.4, -0.2) is 34.5 Å². The summed E-state index contributed by atoms with van der Waals surface area (Å²) in [5.74, 6) is -2.01. The van der Waals surface area contributed by atoms with Crippen LogP contribution in [0.2, 0.25) is 5.02 Å². The topological polar surface area (TPSA) is 122 Å². The second-order valence-electron chi connectivity index (χ2n) is 3.93. The van der Waals surface area contributed by atoms with Crippen molar-refractivity contribution in [3.8, 4) is 0 Å². The lowest BCUT2D eigenvalue weighted by Gasteiger charge is -2.08. The van der Waals surface area contributed by atoms with Gasteiger partial charge >= 0.3 is 11.8 Å². The number of nitrogens with zero attached hydrogens (tertiary/aromatic N) is 1. The van der Waals surface area contributed by atoms with Crippen molar-refractivity contribution in [3.63, 3.8) is 0 Å². The van der Waals surface area contributed by atoms with Crippen molar-refractivity contribution in [2.75, 3.05) is 11.9 Å². The summed E-state index contributed by atoms with van der Waals surface area (Å²) in [6.07, 6.45) is -0.798. The number of nitrogens with one attached hydrogen (secondary N) is 2. The molecule has 1 rings (SSSR count). The second kappa shape index (κ2) is 6.83. The van der Waals surface area contributed by atoms with Crippen LogP contribution in [0.4, 0.5) is 11.4 Å². The first-order chi connectivity index (χ1) is 9.31. The molecule has 9 heteroatoms. The first kappa shape index (κ1) is 15.9. The number of non-ortho nitro benzene ring substituents is 1. The number of rotatable bonds is 4. The van der Waals surface area contributed by atoms with E-state index in [4.69, 9.17) is 16.7 Å². The van der Waals surface area contributed by atoms with Crippen molar-refractivity contribution < 1.29 is 19.6 Å². The maximum atomic E-state index is 11.5. The number of halogens is 1. The van der Waals surface area contributed by atoms with E-state index in [1.165, 1.54) is 19.1 Å². The van der Waals surface area contributed by atoms with Gasteiger partial charge in [0.15, 0.2) is 0 Å². The van der Waals surface area contributed by atoms with Crippen molar-refractivity contribution in [2.45, 2.75) is 13.0 Å². The Morgan fingerprint density at radius 1 is 1.45 bits per heavy atom. The van der Waals surface area contributed by atoms with Crippen LogP contribution < -0.4 is 10.6 Å². The number of hydrogen-bond donors (Lipinski definition) is 3. The van der Waals surface area contributed by atoms with Crippen LogP contribution in [0.15, 0.2) is 18.2 Å². The predicted octanol–water partition coefficient (Wildman–Crippen LogP) is 0.684. The fourth-order valence-electron chi connectivity index (χ4n) is 1.22. The van der Waals surface area contributed by atoms with Crippen molar-refractivity contribution in [1.82, 2.24) is 5.32 Å².